The topological polar surface area (TPSA) is 59.6 Å². The van der Waals surface area contributed by atoms with Crippen molar-refractivity contribution < 1.29 is 9.90 Å². The van der Waals surface area contributed by atoms with E-state index in [9.17, 15) is 9.90 Å². The average Bonchev–Trinajstić information content (AvgIpc) is 3.07. The molecule has 2 N–H and O–H groups in total. The lowest BCUT2D eigenvalue weighted by Gasteiger charge is -2.27. The number of aromatic hydroxyl groups is 1. The lowest BCUT2D eigenvalue weighted by atomic mass is 10.0. The van der Waals surface area contributed by atoms with Gasteiger partial charge in [-0.1, -0.05) is 33.1 Å². The molecule has 1 aliphatic heterocycles. The Kier molecular flexibility index (Phi) is 8.23. The van der Waals surface area contributed by atoms with Crippen molar-refractivity contribution in [3.8, 4) is 5.75 Å². The van der Waals surface area contributed by atoms with E-state index in [-0.39, 0.29) is 11.7 Å². The second-order valence-corrected chi connectivity index (χ2v) is 9.42. The first-order chi connectivity index (χ1) is 14.5. The number of phenols is 1. The molecule has 0 unspecified atom stereocenters. The number of hydrogen-bond donors (Lipinski definition) is 2. The Morgan fingerprint density at radius 1 is 1.17 bits per heavy atom. The van der Waals surface area contributed by atoms with Gasteiger partial charge in [-0.2, -0.15) is 0 Å². The summed E-state index contributed by atoms with van der Waals surface area (Å²) in [7, 11) is 0. The van der Waals surface area contributed by atoms with E-state index in [1.807, 2.05) is 17.9 Å². The summed E-state index contributed by atoms with van der Waals surface area (Å²) in [5, 5.41) is 11.8. The van der Waals surface area contributed by atoms with Crippen LogP contribution in [0, 0.1) is 6.92 Å². The first-order valence-corrected chi connectivity index (χ1v) is 12.3. The third-order valence-electron chi connectivity index (χ3n) is 6.20. The Hall–Kier alpha value is -1.53. The minimum atomic E-state index is 0.0854. The fraction of sp³-hybridized carbons (Fsp3) is 0.625. The van der Waals surface area contributed by atoms with E-state index in [1.54, 1.807) is 0 Å². The van der Waals surface area contributed by atoms with Crippen molar-refractivity contribution in [2.24, 2.45) is 0 Å². The van der Waals surface area contributed by atoms with Crippen LogP contribution in [0.15, 0.2) is 10.5 Å². The van der Waals surface area contributed by atoms with Crippen LogP contribution in [0.1, 0.15) is 80.4 Å². The molecule has 1 saturated heterocycles. The van der Waals surface area contributed by atoms with Crippen LogP contribution in [0.2, 0.25) is 0 Å². The number of rotatable bonds is 9. The zero-order valence-corrected chi connectivity index (χ0v) is 20.3. The number of H-pyrrole nitrogens is 1. The number of nitrogens with one attached hydrogen (secondary N) is 1. The first-order valence-electron chi connectivity index (χ1n) is 11.5. The number of aromatic nitrogens is 1. The van der Waals surface area contributed by atoms with Gasteiger partial charge in [0.15, 0.2) is 0 Å². The molecule has 1 amide bonds. The average molecular weight is 478 g/mol. The molecular formula is C24H36BrN3O2. The van der Waals surface area contributed by atoms with Crippen LogP contribution < -0.4 is 0 Å². The van der Waals surface area contributed by atoms with Crippen LogP contribution in [0.5, 0.6) is 5.75 Å². The highest BCUT2D eigenvalue weighted by atomic mass is 79.9. The number of carbonyl (C=O) groups excluding carboxylic acids is 1. The number of phenolic OH excluding ortho intramolecular Hbond substituents is 1. The molecule has 1 aromatic heterocycles. The van der Waals surface area contributed by atoms with E-state index in [0.29, 0.717) is 11.0 Å². The number of aryl methyl sites for hydroxylation is 1. The summed E-state index contributed by atoms with van der Waals surface area (Å²) in [6.45, 7) is 10.6. The summed E-state index contributed by atoms with van der Waals surface area (Å²) in [6, 6.07) is 1.90. The van der Waals surface area contributed by atoms with E-state index < -0.39 is 0 Å². The van der Waals surface area contributed by atoms with Crippen molar-refractivity contribution in [1.82, 2.24) is 14.8 Å². The summed E-state index contributed by atoms with van der Waals surface area (Å²) in [4.78, 5) is 21.5. The molecule has 3 rings (SSSR count). The lowest BCUT2D eigenvalue weighted by molar-refractivity contribution is 0.0752. The molecule has 0 atom stereocenters. The zero-order chi connectivity index (χ0) is 21.7. The first kappa shape index (κ1) is 23.1. The zero-order valence-electron chi connectivity index (χ0n) is 18.7. The molecule has 0 saturated carbocycles. The van der Waals surface area contributed by atoms with Crippen molar-refractivity contribution >= 4 is 32.7 Å². The van der Waals surface area contributed by atoms with Crippen molar-refractivity contribution in [3.05, 3.63) is 27.4 Å². The minimum Gasteiger partial charge on any atom is -0.506 e. The van der Waals surface area contributed by atoms with E-state index >= 15 is 0 Å². The standard InChI is InChI=1S/C24H36BrN3O2/c1-4-6-13-28(14-7-5-2)24(30)21-17(3)26-20-15-19(25)23(29)18(22(20)21)16-27-11-9-8-10-12-27/h15,26,29H,4-14,16H2,1-3H3. The van der Waals surface area contributed by atoms with Gasteiger partial charge in [-0.15, -0.1) is 0 Å². The summed E-state index contributed by atoms with van der Waals surface area (Å²) < 4.78 is 0.677. The summed E-state index contributed by atoms with van der Waals surface area (Å²) in [6.07, 6.45) is 7.80. The van der Waals surface area contributed by atoms with Gasteiger partial charge in [-0.3, -0.25) is 9.69 Å². The van der Waals surface area contributed by atoms with Gasteiger partial charge >= 0.3 is 0 Å². The monoisotopic (exact) mass is 477 g/mol. The van der Waals surface area contributed by atoms with E-state index in [0.717, 1.165) is 79.6 Å². The van der Waals surface area contributed by atoms with Crippen molar-refractivity contribution in [2.45, 2.75) is 72.3 Å². The SMILES string of the molecule is CCCCN(CCCC)C(=O)c1c(C)[nH]c2cc(Br)c(O)c(CN3CCCCC3)c12. The number of likely N-dealkylation sites (tertiary alicyclic amines) is 1. The second-order valence-electron chi connectivity index (χ2n) is 8.57. The largest absolute Gasteiger partial charge is 0.506 e. The fourth-order valence-electron chi connectivity index (χ4n) is 4.46. The number of halogens is 1. The van der Waals surface area contributed by atoms with Crippen LogP contribution in [0.4, 0.5) is 0 Å². The minimum absolute atomic E-state index is 0.0854. The van der Waals surface area contributed by atoms with Crippen molar-refractivity contribution in [3.63, 3.8) is 0 Å². The molecule has 6 heteroatoms. The van der Waals surface area contributed by atoms with Crippen LogP contribution in [0.3, 0.4) is 0 Å². The number of hydrogen-bond acceptors (Lipinski definition) is 3. The van der Waals surface area contributed by atoms with Crippen molar-refractivity contribution in [1.29, 1.82) is 0 Å². The summed E-state index contributed by atoms with van der Waals surface area (Å²) in [5.74, 6) is 0.344. The fourth-order valence-corrected chi connectivity index (χ4v) is 4.93. The van der Waals surface area contributed by atoms with Crippen LogP contribution >= 0.6 is 15.9 Å². The molecular weight excluding hydrogens is 442 g/mol. The van der Waals surface area contributed by atoms with Crippen molar-refractivity contribution in [2.75, 3.05) is 26.2 Å². The molecule has 30 heavy (non-hydrogen) atoms. The molecule has 1 aliphatic rings. The molecule has 1 fully saturated rings. The number of fused-ring (bicyclic) bond motifs is 1. The molecule has 1 aromatic carbocycles. The van der Waals surface area contributed by atoms with Gasteiger partial charge in [0, 0.05) is 41.8 Å². The number of nitrogens with zero attached hydrogens (tertiary/aromatic N) is 2. The summed E-state index contributed by atoms with van der Waals surface area (Å²) in [5.41, 5.74) is 3.38. The smallest absolute Gasteiger partial charge is 0.256 e. The molecule has 5 nitrogen and oxygen atoms in total. The predicted octanol–water partition coefficient (Wildman–Crippen LogP) is 5.97. The third kappa shape index (κ3) is 5.02. The van der Waals surface area contributed by atoms with Gasteiger partial charge in [0.2, 0.25) is 0 Å². The number of carbonyl (C=O) groups is 1. The van der Waals surface area contributed by atoms with Gasteiger partial charge in [-0.05, 0) is 67.7 Å². The van der Waals surface area contributed by atoms with Crippen LogP contribution in [-0.4, -0.2) is 52.0 Å². The maximum Gasteiger partial charge on any atom is 0.256 e. The molecule has 0 bridgehead atoms. The highest BCUT2D eigenvalue weighted by Crippen LogP contribution is 2.39. The van der Waals surface area contributed by atoms with Gasteiger partial charge in [-0.25, -0.2) is 0 Å². The van der Waals surface area contributed by atoms with E-state index in [1.165, 1.54) is 19.3 Å². The maximum atomic E-state index is 13.7. The normalized spacial score (nSPS) is 15.1. The van der Waals surface area contributed by atoms with E-state index in [4.69, 9.17) is 0 Å². The second kappa shape index (κ2) is 10.7. The molecule has 166 valence electrons. The molecule has 2 heterocycles. The number of piperidine rings is 1. The number of benzene rings is 1. The predicted molar refractivity (Wildman–Crippen MR) is 127 cm³/mol. The Bertz CT molecular complexity index is 863. The Labute approximate surface area is 188 Å². The molecule has 0 spiro atoms. The van der Waals surface area contributed by atoms with Gasteiger partial charge in [0.1, 0.15) is 5.75 Å². The molecule has 2 aromatic rings. The maximum absolute atomic E-state index is 13.7. The number of amides is 1. The van der Waals surface area contributed by atoms with Gasteiger partial charge in [0.25, 0.3) is 5.91 Å². The van der Waals surface area contributed by atoms with Gasteiger partial charge < -0.3 is 15.0 Å². The molecule has 0 radical (unpaired) electrons. The number of unbranched alkanes of at least 4 members (excludes halogenated alkanes) is 2. The third-order valence-corrected chi connectivity index (χ3v) is 6.80. The Morgan fingerprint density at radius 2 is 1.80 bits per heavy atom. The summed E-state index contributed by atoms with van der Waals surface area (Å²) >= 11 is 3.52. The molecule has 0 aliphatic carbocycles. The van der Waals surface area contributed by atoms with Crippen LogP contribution in [-0.2, 0) is 6.54 Å². The number of aromatic amines is 1. The van der Waals surface area contributed by atoms with Gasteiger partial charge in [0.05, 0.1) is 10.0 Å². The Morgan fingerprint density at radius 3 is 2.40 bits per heavy atom. The van der Waals surface area contributed by atoms with E-state index in [2.05, 4.69) is 39.7 Å². The highest BCUT2D eigenvalue weighted by molar-refractivity contribution is 9.10. The lowest BCUT2D eigenvalue weighted by Crippen LogP contribution is -2.33. The quantitative estimate of drug-likeness (QED) is 0.467. The highest BCUT2D eigenvalue weighted by Gasteiger charge is 2.26. The van der Waals surface area contributed by atoms with Crippen LogP contribution in [0.25, 0.3) is 10.9 Å². The Balaban J connectivity index is 2.05.